The number of carboxylic acids is 1. The van der Waals surface area contributed by atoms with E-state index in [1.54, 1.807) is 0 Å². The standard InChI is InChI=1S/C14H25NO4/c1-11(2)19-10-8-13(16)15-9-4-3-5-12(15)6-7-14(17)18/h11-12H,3-10H2,1-2H3,(H,17,18). The molecule has 0 bridgehead atoms. The second-order valence-corrected chi connectivity index (χ2v) is 5.34. The lowest BCUT2D eigenvalue weighted by Crippen LogP contribution is -2.44. The van der Waals surface area contributed by atoms with Crippen molar-refractivity contribution in [3.63, 3.8) is 0 Å². The van der Waals surface area contributed by atoms with E-state index >= 15 is 0 Å². The van der Waals surface area contributed by atoms with Crippen LogP contribution in [0.4, 0.5) is 0 Å². The number of carbonyl (C=O) groups is 2. The Morgan fingerprint density at radius 2 is 2.05 bits per heavy atom. The SMILES string of the molecule is CC(C)OCCC(=O)N1CCCCC1CCC(=O)O. The minimum atomic E-state index is -0.791. The average Bonchev–Trinajstić information content (AvgIpc) is 2.36. The van der Waals surface area contributed by atoms with Crippen molar-refractivity contribution >= 4 is 11.9 Å². The van der Waals surface area contributed by atoms with Gasteiger partial charge in [-0.15, -0.1) is 0 Å². The van der Waals surface area contributed by atoms with Crippen molar-refractivity contribution in [3.8, 4) is 0 Å². The summed E-state index contributed by atoms with van der Waals surface area (Å²) in [5.74, 6) is -0.697. The third-order valence-electron chi connectivity index (χ3n) is 3.41. The molecule has 1 fully saturated rings. The summed E-state index contributed by atoms with van der Waals surface area (Å²) in [5.41, 5.74) is 0. The van der Waals surface area contributed by atoms with Gasteiger partial charge in [-0.05, 0) is 39.5 Å². The number of amides is 1. The number of nitrogens with zero attached hydrogens (tertiary/aromatic N) is 1. The van der Waals surface area contributed by atoms with Gasteiger partial charge in [0.2, 0.25) is 5.91 Å². The van der Waals surface area contributed by atoms with Gasteiger partial charge in [0.15, 0.2) is 0 Å². The lowest BCUT2D eigenvalue weighted by molar-refractivity contribution is -0.140. The van der Waals surface area contributed by atoms with E-state index in [1.807, 2.05) is 18.7 Å². The first-order valence-corrected chi connectivity index (χ1v) is 7.13. The molecule has 0 spiro atoms. The zero-order valence-corrected chi connectivity index (χ0v) is 11.9. The van der Waals surface area contributed by atoms with E-state index in [0.717, 1.165) is 25.8 Å². The van der Waals surface area contributed by atoms with Crippen LogP contribution in [0.3, 0.4) is 0 Å². The molecule has 0 aromatic heterocycles. The second kappa shape index (κ2) is 8.15. The number of carbonyl (C=O) groups excluding carboxylic acids is 1. The molecule has 0 radical (unpaired) electrons. The van der Waals surface area contributed by atoms with Crippen LogP contribution in [0.1, 0.15) is 52.4 Å². The third kappa shape index (κ3) is 6.05. The van der Waals surface area contributed by atoms with Crippen LogP contribution in [0.2, 0.25) is 0 Å². The van der Waals surface area contributed by atoms with Gasteiger partial charge in [-0.2, -0.15) is 0 Å². The Balaban J connectivity index is 2.41. The maximum absolute atomic E-state index is 12.1. The summed E-state index contributed by atoms with van der Waals surface area (Å²) in [4.78, 5) is 24.6. The number of rotatable bonds is 7. The van der Waals surface area contributed by atoms with Crippen LogP contribution >= 0.6 is 0 Å². The maximum atomic E-state index is 12.1. The number of aliphatic carboxylic acids is 1. The fourth-order valence-corrected chi connectivity index (χ4v) is 2.44. The highest BCUT2D eigenvalue weighted by Crippen LogP contribution is 2.21. The van der Waals surface area contributed by atoms with Gasteiger partial charge in [0.05, 0.1) is 19.1 Å². The molecule has 0 aliphatic carbocycles. The number of hydrogen-bond donors (Lipinski definition) is 1. The molecule has 1 N–H and O–H groups in total. The minimum Gasteiger partial charge on any atom is -0.481 e. The molecule has 0 saturated carbocycles. The van der Waals surface area contributed by atoms with E-state index in [4.69, 9.17) is 9.84 Å². The summed E-state index contributed by atoms with van der Waals surface area (Å²) in [7, 11) is 0. The number of ether oxygens (including phenoxy) is 1. The van der Waals surface area contributed by atoms with Crippen molar-refractivity contribution in [1.82, 2.24) is 4.90 Å². The zero-order valence-electron chi connectivity index (χ0n) is 11.9. The first-order valence-electron chi connectivity index (χ1n) is 7.13. The second-order valence-electron chi connectivity index (χ2n) is 5.34. The Morgan fingerprint density at radius 3 is 2.68 bits per heavy atom. The average molecular weight is 271 g/mol. The lowest BCUT2D eigenvalue weighted by atomic mass is 9.97. The van der Waals surface area contributed by atoms with Crippen LogP contribution < -0.4 is 0 Å². The molecule has 1 rings (SSSR count). The number of carboxylic acid groups (broad SMARTS) is 1. The predicted octanol–water partition coefficient (Wildman–Crippen LogP) is 2.05. The minimum absolute atomic E-state index is 0.0933. The maximum Gasteiger partial charge on any atom is 0.303 e. The quantitative estimate of drug-likeness (QED) is 0.769. The van der Waals surface area contributed by atoms with Crippen LogP contribution in [0.25, 0.3) is 0 Å². The van der Waals surface area contributed by atoms with Crippen molar-refractivity contribution in [3.05, 3.63) is 0 Å². The van der Waals surface area contributed by atoms with Crippen LogP contribution in [0.15, 0.2) is 0 Å². The Hall–Kier alpha value is -1.10. The normalized spacial score (nSPS) is 19.7. The molecule has 0 aromatic carbocycles. The summed E-state index contributed by atoms with van der Waals surface area (Å²) >= 11 is 0. The predicted molar refractivity (Wildman–Crippen MR) is 71.9 cm³/mol. The highest BCUT2D eigenvalue weighted by Gasteiger charge is 2.26. The number of piperidine rings is 1. The Morgan fingerprint density at radius 1 is 1.32 bits per heavy atom. The Kier molecular flexibility index (Phi) is 6.84. The van der Waals surface area contributed by atoms with Gasteiger partial charge in [0.25, 0.3) is 0 Å². The Bertz CT molecular complexity index is 304. The molecule has 1 aliphatic rings. The number of likely N-dealkylation sites (tertiary alicyclic amines) is 1. The van der Waals surface area contributed by atoms with Gasteiger partial charge in [-0.3, -0.25) is 9.59 Å². The van der Waals surface area contributed by atoms with E-state index < -0.39 is 5.97 Å². The molecular formula is C14H25NO4. The molecule has 110 valence electrons. The van der Waals surface area contributed by atoms with E-state index in [9.17, 15) is 9.59 Å². The van der Waals surface area contributed by atoms with Crippen LogP contribution in [-0.4, -0.2) is 47.2 Å². The largest absolute Gasteiger partial charge is 0.481 e. The molecule has 5 nitrogen and oxygen atoms in total. The van der Waals surface area contributed by atoms with Crippen molar-refractivity contribution in [2.24, 2.45) is 0 Å². The first kappa shape index (κ1) is 16.0. The highest BCUT2D eigenvalue weighted by atomic mass is 16.5. The summed E-state index contributed by atoms with van der Waals surface area (Å²) in [6, 6.07) is 0.0939. The first-order chi connectivity index (χ1) is 9.00. The molecule has 1 atom stereocenters. The smallest absolute Gasteiger partial charge is 0.303 e. The van der Waals surface area contributed by atoms with Crippen molar-refractivity contribution in [2.75, 3.05) is 13.2 Å². The van der Waals surface area contributed by atoms with Gasteiger partial charge in [0, 0.05) is 19.0 Å². The zero-order chi connectivity index (χ0) is 14.3. The molecule has 1 aliphatic heterocycles. The molecule has 1 saturated heterocycles. The summed E-state index contributed by atoms with van der Waals surface area (Å²) in [5, 5.41) is 8.75. The summed E-state index contributed by atoms with van der Waals surface area (Å²) in [6.45, 7) is 5.09. The van der Waals surface area contributed by atoms with Crippen molar-refractivity contribution in [1.29, 1.82) is 0 Å². The van der Waals surface area contributed by atoms with Gasteiger partial charge in [-0.25, -0.2) is 0 Å². The van der Waals surface area contributed by atoms with E-state index in [2.05, 4.69) is 0 Å². The van der Waals surface area contributed by atoms with E-state index in [1.165, 1.54) is 0 Å². The van der Waals surface area contributed by atoms with E-state index in [-0.39, 0.29) is 24.5 Å². The van der Waals surface area contributed by atoms with Crippen molar-refractivity contribution < 1.29 is 19.4 Å². The Labute approximate surface area is 114 Å². The molecule has 5 heteroatoms. The molecule has 1 amide bonds. The number of hydrogen-bond acceptors (Lipinski definition) is 3. The molecule has 1 heterocycles. The van der Waals surface area contributed by atoms with Gasteiger partial charge < -0.3 is 14.7 Å². The van der Waals surface area contributed by atoms with Crippen LogP contribution in [0, 0.1) is 0 Å². The third-order valence-corrected chi connectivity index (χ3v) is 3.41. The fourth-order valence-electron chi connectivity index (χ4n) is 2.44. The van der Waals surface area contributed by atoms with Gasteiger partial charge in [-0.1, -0.05) is 0 Å². The summed E-state index contributed by atoms with van der Waals surface area (Å²) in [6.07, 6.45) is 4.24. The molecule has 1 unspecified atom stereocenters. The molecule has 0 aromatic rings. The van der Waals surface area contributed by atoms with E-state index in [0.29, 0.717) is 19.4 Å². The summed E-state index contributed by atoms with van der Waals surface area (Å²) < 4.78 is 5.40. The van der Waals surface area contributed by atoms with Crippen LogP contribution in [0.5, 0.6) is 0 Å². The van der Waals surface area contributed by atoms with Crippen LogP contribution in [-0.2, 0) is 14.3 Å². The fraction of sp³-hybridized carbons (Fsp3) is 0.857. The molecular weight excluding hydrogens is 246 g/mol. The van der Waals surface area contributed by atoms with Crippen molar-refractivity contribution in [2.45, 2.75) is 64.5 Å². The van der Waals surface area contributed by atoms with Gasteiger partial charge in [0.1, 0.15) is 0 Å². The van der Waals surface area contributed by atoms with Gasteiger partial charge >= 0.3 is 5.97 Å². The molecule has 19 heavy (non-hydrogen) atoms. The highest BCUT2D eigenvalue weighted by molar-refractivity contribution is 5.76. The monoisotopic (exact) mass is 271 g/mol. The topological polar surface area (TPSA) is 66.8 Å². The lowest BCUT2D eigenvalue weighted by Gasteiger charge is -2.35.